The number of fused-ring (bicyclic) bond motifs is 1. The Morgan fingerprint density at radius 2 is 2.19 bits per heavy atom. The zero-order valence-corrected chi connectivity index (χ0v) is 9.79. The van der Waals surface area contributed by atoms with Gasteiger partial charge < -0.3 is 5.11 Å². The summed E-state index contributed by atoms with van der Waals surface area (Å²) in [6, 6.07) is 0. The first-order valence-electron chi connectivity index (χ1n) is 5.44. The molecular formula is C11H14N2O2S. The molecule has 86 valence electrons. The van der Waals surface area contributed by atoms with E-state index in [9.17, 15) is 4.79 Å². The van der Waals surface area contributed by atoms with E-state index in [-0.39, 0.29) is 6.42 Å². The van der Waals surface area contributed by atoms with Crippen LogP contribution in [0.1, 0.15) is 30.5 Å². The van der Waals surface area contributed by atoms with Crippen LogP contribution in [-0.2, 0) is 17.6 Å². The number of carboxylic acid groups (broad SMARTS) is 1. The van der Waals surface area contributed by atoms with Crippen molar-refractivity contribution in [2.75, 3.05) is 5.75 Å². The Balaban J connectivity index is 2.05. The zero-order valence-electron chi connectivity index (χ0n) is 8.98. The molecule has 0 unspecified atom stereocenters. The second kappa shape index (κ2) is 5.30. The van der Waals surface area contributed by atoms with Crippen LogP contribution in [0.25, 0.3) is 0 Å². The third-order valence-electron chi connectivity index (χ3n) is 2.64. The van der Waals surface area contributed by atoms with Crippen LogP contribution in [0.3, 0.4) is 0 Å². The molecule has 4 nitrogen and oxygen atoms in total. The topological polar surface area (TPSA) is 63.1 Å². The first kappa shape index (κ1) is 11.4. The van der Waals surface area contributed by atoms with Crippen molar-refractivity contribution in [3.8, 4) is 0 Å². The maximum Gasteiger partial charge on any atom is 0.304 e. The number of aryl methyl sites for hydroxylation is 1. The standard InChI is InChI=1S/C11H14N2O2S/c14-10(15)5-6-16-11-8-3-1-2-4-9(8)12-7-13-11/h7H,1-6H2,(H,14,15). The van der Waals surface area contributed by atoms with Gasteiger partial charge in [0, 0.05) is 17.0 Å². The Morgan fingerprint density at radius 3 is 3.00 bits per heavy atom. The molecule has 0 aromatic carbocycles. The molecule has 16 heavy (non-hydrogen) atoms. The van der Waals surface area contributed by atoms with E-state index in [1.165, 1.54) is 30.2 Å². The molecule has 1 aromatic rings. The molecule has 0 bridgehead atoms. The molecule has 5 heteroatoms. The summed E-state index contributed by atoms with van der Waals surface area (Å²) < 4.78 is 0. The average Bonchev–Trinajstić information content (AvgIpc) is 2.29. The largest absolute Gasteiger partial charge is 0.481 e. The van der Waals surface area contributed by atoms with Gasteiger partial charge in [0.2, 0.25) is 0 Å². The van der Waals surface area contributed by atoms with Crippen molar-refractivity contribution in [2.45, 2.75) is 37.1 Å². The van der Waals surface area contributed by atoms with E-state index in [2.05, 4.69) is 9.97 Å². The lowest BCUT2D eigenvalue weighted by molar-refractivity contribution is -0.136. The number of nitrogens with zero attached hydrogens (tertiary/aromatic N) is 2. The Hall–Kier alpha value is -1.10. The molecule has 0 fully saturated rings. The normalized spacial score (nSPS) is 14.5. The van der Waals surface area contributed by atoms with E-state index in [1.807, 2.05) is 0 Å². The fourth-order valence-corrected chi connectivity index (χ4v) is 2.84. The minimum absolute atomic E-state index is 0.184. The van der Waals surface area contributed by atoms with Gasteiger partial charge >= 0.3 is 5.97 Å². The maximum atomic E-state index is 10.4. The van der Waals surface area contributed by atoms with Crippen LogP contribution >= 0.6 is 11.8 Å². The second-order valence-electron chi connectivity index (χ2n) is 3.80. The van der Waals surface area contributed by atoms with Gasteiger partial charge in [-0.15, -0.1) is 11.8 Å². The lowest BCUT2D eigenvalue weighted by Gasteiger charge is -2.16. The molecule has 0 saturated heterocycles. The summed E-state index contributed by atoms with van der Waals surface area (Å²) in [7, 11) is 0. The third-order valence-corrected chi connectivity index (χ3v) is 3.67. The summed E-state index contributed by atoms with van der Waals surface area (Å²) >= 11 is 1.53. The van der Waals surface area contributed by atoms with Crippen LogP contribution in [-0.4, -0.2) is 26.8 Å². The highest BCUT2D eigenvalue weighted by Crippen LogP contribution is 2.27. The highest BCUT2D eigenvalue weighted by atomic mass is 32.2. The van der Waals surface area contributed by atoms with Gasteiger partial charge in [0.25, 0.3) is 0 Å². The van der Waals surface area contributed by atoms with Crippen molar-refractivity contribution in [1.29, 1.82) is 0 Å². The molecule has 1 heterocycles. The highest BCUT2D eigenvalue weighted by Gasteiger charge is 2.15. The summed E-state index contributed by atoms with van der Waals surface area (Å²) in [5.74, 6) is -0.172. The number of hydrogen-bond donors (Lipinski definition) is 1. The van der Waals surface area contributed by atoms with Gasteiger partial charge in [-0.1, -0.05) is 0 Å². The minimum atomic E-state index is -0.754. The minimum Gasteiger partial charge on any atom is -0.481 e. The summed E-state index contributed by atoms with van der Waals surface area (Å²) in [5, 5.41) is 9.56. The predicted octanol–water partition coefficient (Wildman–Crippen LogP) is 1.92. The Kier molecular flexibility index (Phi) is 3.77. The number of aromatic nitrogens is 2. The number of aliphatic carboxylic acids is 1. The van der Waals surface area contributed by atoms with Gasteiger partial charge in [0.05, 0.1) is 6.42 Å². The predicted molar refractivity (Wildman–Crippen MR) is 61.7 cm³/mol. The number of thioether (sulfide) groups is 1. The first-order valence-corrected chi connectivity index (χ1v) is 6.43. The van der Waals surface area contributed by atoms with Crippen LogP contribution in [0.2, 0.25) is 0 Å². The van der Waals surface area contributed by atoms with Gasteiger partial charge in [-0.05, 0) is 25.7 Å². The SMILES string of the molecule is O=C(O)CCSc1ncnc2c1CCCC2. The molecule has 0 amide bonds. The summed E-state index contributed by atoms with van der Waals surface area (Å²) in [6.45, 7) is 0. The van der Waals surface area contributed by atoms with E-state index in [0.717, 1.165) is 23.6 Å². The van der Waals surface area contributed by atoms with Crippen LogP contribution in [0.4, 0.5) is 0 Å². The second-order valence-corrected chi connectivity index (χ2v) is 4.89. The number of rotatable bonds is 4. The van der Waals surface area contributed by atoms with Gasteiger partial charge in [-0.3, -0.25) is 4.79 Å². The average molecular weight is 238 g/mol. The Bertz CT molecular complexity index is 396. The Morgan fingerprint density at radius 1 is 1.38 bits per heavy atom. The fraction of sp³-hybridized carbons (Fsp3) is 0.545. The van der Waals surface area contributed by atoms with E-state index < -0.39 is 5.97 Å². The molecule has 1 N–H and O–H groups in total. The van der Waals surface area contributed by atoms with E-state index in [4.69, 9.17) is 5.11 Å². The van der Waals surface area contributed by atoms with Crippen LogP contribution in [0.5, 0.6) is 0 Å². The molecule has 2 rings (SSSR count). The molecule has 0 radical (unpaired) electrons. The molecule has 0 saturated carbocycles. The van der Waals surface area contributed by atoms with Gasteiger partial charge in [0.15, 0.2) is 0 Å². The van der Waals surface area contributed by atoms with Gasteiger partial charge in [-0.2, -0.15) is 0 Å². The molecular weight excluding hydrogens is 224 g/mol. The summed E-state index contributed by atoms with van der Waals surface area (Å²) in [6.07, 6.45) is 6.22. The molecule has 1 aliphatic rings. The number of hydrogen-bond acceptors (Lipinski definition) is 4. The van der Waals surface area contributed by atoms with E-state index >= 15 is 0 Å². The van der Waals surface area contributed by atoms with Gasteiger partial charge in [-0.25, -0.2) is 9.97 Å². The monoisotopic (exact) mass is 238 g/mol. The van der Waals surface area contributed by atoms with Crippen LogP contribution < -0.4 is 0 Å². The van der Waals surface area contributed by atoms with Crippen molar-refractivity contribution in [1.82, 2.24) is 9.97 Å². The first-order chi connectivity index (χ1) is 7.77. The van der Waals surface area contributed by atoms with Crippen molar-refractivity contribution in [3.63, 3.8) is 0 Å². The number of carbonyl (C=O) groups is 1. The summed E-state index contributed by atoms with van der Waals surface area (Å²) in [4.78, 5) is 19.0. The molecule has 1 aliphatic carbocycles. The van der Waals surface area contributed by atoms with E-state index in [1.54, 1.807) is 6.33 Å². The smallest absolute Gasteiger partial charge is 0.304 e. The lowest BCUT2D eigenvalue weighted by Crippen LogP contribution is -2.08. The fourth-order valence-electron chi connectivity index (χ4n) is 1.85. The van der Waals surface area contributed by atoms with Crippen molar-refractivity contribution >= 4 is 17.7 Å². The molecule has 0 spiro atoms. The zero-order chi connectivity index (χ0) is 11.4. The van der Waals surface area contributed by atoms with Crippen molar-refractivity contribution in [2.24, 2.45) is 0 Å². The number of carboxylic acids is 1. The van der Waals surface area contributed by atoms with Crippen molar-refractivity contribution < 1.29 is 9.90 Å². The van der Waals surface area contributed by atoms with E-state index in [0.29, 0.717) is 5.75 Å². The summed E-state index contributed by atoms with van der Waals surface area (Å²) in [5.41, 5.74) is 2.39. The lowest BCUT2D eigenvalue weighted by atomic mass is 9.98. The van der Waals surface area contributed by atoms with Crippen LogP contribution in [0, 0.1) is 0 Å². The van der Waals surface area contributed by atoms with Crippen molar-refractivity contribution in [3.05, 3.63) is 17.6 Å². The highest BCUT2D eigenvalue weighted by molar-refractivity contribution is 7.99. The Labute approximate surface area is 98.5 Å². The maximum absolute atomic E-state index is 10.4. The molecule has 0 atom stereocenters. The quantitative estimate of drug-likeness (QED) is 0.641. The molecule has 1 aromatic heterocycles. The van der Waals surface area contributed by atoms with Crippen LogP contribution in [0.15, 0.2) is 11.4 Å². The molecule has 0 aliphatic heterocycles. The van der Waals surface area contributed by atoms with Gasteiger partial charge in [0.1, 0.15) is 11.4 Å². The third kappa shape index (κ3) is 2.72.